The number of hydrogen-bond acceptors (Lipinski definition) is 3. The van der Waals surface area contributed by atoms with Gasteiger partial charge in [0.2, 0.25) is 0 Å². The van der Waals surface area contributed by atoms with Gasteiger partial charge in [-0.2, -0.15) is 17.4 Å². The molecule has 2 fully saturated rings. The van der Waals surface area contributed by atoms with E-state index in [-0.39, 0.29) is 17.2 Å². The molecule has 1 heterocycles. The SMILES string of the molecule is CN1C(C(=O)Cc2ccc(F)c(Cl)c2)CC(c2cccc(C3CC3)c2)NS1(=O)=O. The highest BCUT2D eigenvalue weighted by atomic mass is 35.5. The summed E-state index contributed by atoms with van der Waals surface area (Å²) in [5.74, 6) is -0.248. The number of likely N-dealkylation sites (N-methyl/N-ethyl adjacent to an activating group) is 1. The number of halogens is 2. The predicted molar refractivity (Wildman–Crippen MR) is 110 cm³/mol. The highest BCUT2D eigenvalue weighted by molar-refractivity contribution is 7.87. The van der Waals surface area contributed by atoms with E-state index < -0.39 is 28.1 Å². The van der Waals surface area contributed by atoms with Crippen molar-refractivity contribution in [3.8, 4) is 0 Å². The molecule has 4 rings (SSSR count). The summed E-state index contributed by atoms with van der Waals surface area (Å²) in [6, 6.07) is 10.8. The average molecular weight is 437 g/mol. The summed E-state index contributed by atoms with van der Waals surface area (Å²) in [6.07, 6.45) is 2.63. The van der Waals surface area contributed by atoms with E-state index in [1.54, 1.807) is 0 Å². The van der Waals surface area contributed by atoms with Gasteiger partial charge in [-0.1, -0.05) is 41.9 Å². The fourth-order valence-corrected chi connectivity index (χ4v) is 5.30. The van der Waals surface area contributed by atoms with Crippen LogP contribution in [0.1, 0.15) is 47.9 Å². The molecule has 154 valence electrons. The highest BCUT2D eigenvalue weighted by Crippen LogP contribution is 2.41. The van der Waals surface area contributed by atoms with Crippen LogP contribution in [0.4, 0.5) is 4.39 Å². The summed E-state index contributed by atoms with van der Waals surface area (Å²) >= 11 is 5.80. The summed E-state index contributed by atoms with van der Waals surface area (Å²) in [5, 5.41) is -0.0589. The van der Waals surface area contributed by atoms with E-state index in [9.17, 15) is 17.6 Å². The Labute approximate surface area is 175 Å². The van der Waals surface area contributed by atoms with Crippen molar-refractivity contribution in [3.63, 3.8) is 0 Å². The molecule has 29 heavy (non-hydrogen) atoms. The lowest BCUT2D eigenvalue weighted by Gasteiger charge is -2.36. The number of benzene rings is 2. The van der Waals surface area contributed by atoms with E-state index in [2.05, 4.69) is 10.8 Å². The van der Waals surface area contributed by atoms with Crippen LogP contribution >= 0.6 is 11.6 Å². The van der Waals surface area contributed by atoms with Crippen LogP contribution in [0.15, 0.2) is 42.5 Å². The quantitative estimate of drug-likeness (QED) is 0.776. The van der Waals surface area contributed by atoms with Crippen molar-refractivity contribution in [1.29, 1.82) is 0 Å². The van der Waals surface area contributed by atoms with Crippen LogP contribution in [0, 0.1) is 5.82 Å². The monoisotopic (exact) mass is 436 g/mol. The largest absolute Gasteiger partial charge is 0.298 e. The third kappa shape index (κ3) is 4.38. The summed E-state index contributed by atoms with van der Waals surface area (Å²) in [7, 11) is -2.40. The molecule has 2 aromatic rings. The number of carbonyl (C=O) groups excluding carboxylic acids is 1. The second-order valence-electron chi connectivity index (χ2n) is 7.78. The van der Waals surface area contributed by atoms with Gasteiger partial charge in [-0.05, 0) is 54.0 Å². The smallest absolute Gasteiger partial charge is 0.280 e. The average Bonchev–Trinajstić information content (AvgIpc) is 3.52. The Kier molecular flexibility index (Phi) is 5.50. The first-order valence-corrected chi connectivity index (χ1v) is 11.4. The molecule has 2 aromatic carbocycles. The standard InChI is InChI=1S/C21H22ClFN2O3S/c1-25-20(21(26)10-13-5-8-18(23)17(22)9-13)12-19(24-29(25,27)28)16-4-2-3-15(11-16)14-6-7-14/h2-5,8-9,11,14,19-20,24H,6-7,10,12H2,1H3. The lowest BCUT2D eigenvalue weighted by atomic mass is 9.93. The van der Waals surface area contributed by atoms with E-state index in [1.165, 1.54) is 30.8 Å². The third-order valence-corrected chi connectivity index (χ3v) is 7.55. The molecule has 1 aliphatic heterocycles. The van der Waals surface area contributed by atoms with Crippen LogP contribution in [0.25, 0.3) is 0 Å². The number of nitrogens with zero attached hydrogens (tertiary/aromatic N) is 1. The van der Waals surface area contributed by atoms with Crippen molar-refractivity contribution in [2.45, 2.75) is 43.7 Å². The highest BCUT2D eigenvalue weighted by Gasteiger charge is 2.40. The van der Waals surface area contributed by atoms with Gasteiger partial charge in [0.25, 0.3) is 10.2 Å². The molecule has 2 aliphatic rings. The van der Waals surface area contributed by atoms with Gasteiger partial charge in [0.1, 0.15) is 5.82 Å². The van der Waals surface area contributed by atoms with Crippen molar-refractivity contribution in [3.05, 3.63) is 70.0 Å². The maximum Gasteiger partial charge on any atom is 0.280 e. The maximum absolute atomic E-state index is 13.4. The van der Waals surface area contributed by atoms with Gasteiger partial charge in [-0.25, -0.2) is 4.39 Å². The molecule has 0 spiro atoms. The van der Waals surface area contributed by atoms with Gasteiger partial charge in [0.15, 0.2) is 5.78 Å². The van der Waals surface area contributed by atoms with Crippen LogP contribution < -0.4 is 4.72 Å². The van der Waals surface area contributed by atoms with Crippen molar-refractivity contribution < 1.29 is 17.6 Å². The zero-order valence-electron chi connectivity index (χ0n) is 15.9. The van der Waals surface area contributed by atoms with E-state index in [1.807, 2.05) is 18.2 Å². The van der Waals surface area contributed by atoms with Crippen LogP contribution in [-0.4, -0.2) is 31.6 Å². The molecular weight excluding hydrogens is 415 g/mol. The second kappa shape index (κ2) is 7.80. The fraction of sp³-hybridized carbons (Fsp3) is 0.381. The molecule has 1 saturated heterocycles. The molecule has 0 bridgehead atoms. The molecule has 0 amide bonds. The first-order valence-electron chi connectivity index (χ1n) is 9.56. The predicted octanol–water partition coefficient (Wildman–Crippen LogP) is 3.75. The van der Waals surface area contributed by atoms with Gasteiger partial charge >= 0.3 is 0 Å². The fourth-order valence-electron chi connectivity index (χ4n) is 3.80. The molecule has 2 atom stereocenters. The van der Waals surface area contributed by atoms with Crippen molar-refractivity contribution in [2.75, 3.05) is 7.05 Å². The van der Waals surface area contributed by atoms with Crippen LogP contribution in [-0.2, 0) is 21.4 Å². The van der Waals surface area contributed by atoms with Gasteiger partial charge in [-0.3, -0.25) is 4.79 Å². The third-order valence-electron chi connectivity index (χ3n) is 5.66. The number of carbonyl (C=O) groups is 1. The first-order chi connectivity index (χ1) is 13.7. The number of nitrogens with one attached hydrogen (secondary N) is 1. The molecular formula is C21H22ClFN2O3S. The summed E-state index contributed by atoms with van der Waals surface area (Å²) in [5.41, 5.74) is 2.64. The van der Waals surface area contributed by atoms with E-state index in [0.717, 1.165) is 22.7 Å². The zero-order valence-corrected chi connectivity index (χ0v) is 17.5. The minimum Gasteiger partial charge on any atom is -0.298 e. The van der Waals surface area contributed by atoms with Gasteiger partial charge < -0.3 is 0 Å². The Hall–Kier alpha value is -1.80. The summed E-state index contributed by atoms with van der Waals surface area (Å²) in [4.78, 5) is 13.0. The Balaban J connectivity index is 1.57. The molecule has 1 N–H and O–H groups in total. The van der Waals surface area contributed by atoms with Crippen molar-refractivity contribution >= 4 is 27.6 Å². The lowest BCUT2D eigenvalue weighted by molar-refractivity contribution is -0.122. The van der Waals surface area contributed by atoms with Gasteiger partial charge in [0, 0.05) is 19.5 Å². The normalized spacial score (nSPS) is 24.4. The molecule has 2 unspecified atom stereocenters. The lowest BCUT2D eigenvalue weighted by Crippen LogP contribution is -2.55. The zero-order chi connectivity index (χ0) is 20.8. The van der Waals surface area contributed by atoms with E-state index in [0.29, 0.717) is 17.9 Å². The van der Waals surface area contributed by atoms with Crippen molar-refractivity contribution in [1.82, 2.24) is 9.03 Å². The Morgan fingerprint density at radius 2 is 1.93 bits per heavy atom. The first kappa shape index (κ1) is 20.5. The number of ketones is 1. The van der Waals surface area contributed by atoms with Crippen LogP contribution in [0.5, 0.6) is 0 Å². The van der Waals surface area contributed by atoms with Crippen LogP contribution in [0.2, 0.25) is 5.02 Å². The Morgan fingerprint density at radius 1 is 1.21 bits per heavy atom. The maximum atomic E-state index is 13.4. The molecule has 0 radical (unpaired) electrons. The molecule has 5 nitrogen and oxygen atoms in total. The molecule has 0 aromatic heterocycles. The number of rotatable bonds is 5. The summed E-state index contributed by atoms with van der Waals surface area (Å²) < 4.78 is 42.5. The van der Waals surface area contributed by atoms with E-state index in [4.69, 9.17) is 11.6 Å². The van der Waals surface area contributed by atoms with Gasteiger partial charge in [-0.15, -0.1) is 0 Å². The minimum absolute atomic E-state index is 0.0145. The van der Waals surface area contributed by atoms with E-state index >= 15 is 0 Å². The molecule has 1 saturated carbocycles. The number of Topliss-reactive ketones (excluding diaryl/α,β-unsaturated/α-hetero) is 1. The topological polar surface area (TPSA) is 66.5 Å². The van der Waals surface area contributed by atoms with Crippen LogP contribution in [0.3, 0.4) is 0 Å². The minimum atomic E-state index is -3.80. The second-order valence-corrected chi connectivity index (χ2v) is 9.95. The Bertz CT molecular complexity index is 1060. The Morgan fingerprint density at radius 3 is 2.62 bits per heavy atom. The van der Waals surface area contributed by atoms with Crippen molar-refractivity contribution in [2.24, 2.45) is 0 Å². The number of hydrogen-bond donors (Lipinski definition) is 1. The van der Waals surface area contributed by atoms with Gasteiger partial charge in [0.05, 0.1) is 11.1 Å². The molecule has 1 aliphatic carbocycles. The molecule has 8 heteroatoms. The summed E-state index contributed by atoms with van der Waals surface area (Å²) in [6.45, 7) is 0.